The van der Waals surface area contributed by atoms with Gasteiger partial charge in [0, 0.05) is 0 Å². The van der Waals surface area contributed by atoms with Crippen molar-refractivity contribution in [1.29, 1.82) is 0 Å². The molecule has 0 saturated carbocycles. The van der Waals surface area contributed by atoms with Gasteiger partial charge in [0.15, 0.2) is 0 Å². The molecule has 0 bridgehead atoms. The predicted octanol–water partition coefficient (Wildman–Crippen LogP) is 3.35. The van der Waals surface area contributed by atoms with Gasteiger partial charge in [0.1, 0.15) is 0 Å². The standard InChI is InChI=1S/C11H8BCl/c13-10-6-4-9(5-7-10)11-3-1-2-8-12-11/h1-8H. The van der Waals surface area contributed by atoms with E-state index in [1.54, 1.807) is 0 Å². The van der Waals surface area contributed by atoms with E-state index in [0.717, 1.165) is 5.02 Å². The third-order valence-electron chi connectivity index (χ3n) is 1.95. The Morgan fingerprint density at radius 3 is 2.31 bits per heavy atom. The summed E-state index contributed by atoms with van der Waals surface area (Å²) < 4.78 is 0. The number of halogens is 1. The van der Waals surface area contributed by atoms with Crippen LogP contribution in [0.15, 0.2) is 48.4 Å². The molecular formula is C11H8BCl. The minimum atomic E-state index is 0.777. The molecule has 0 atom stereocenters. The summed E-state index contributed by atoms with van der Waals surface area (Å²) in [5.74, 6) is 2.03. The first-order valence-corrected chi connectivity index (χ1v) is 4.55. The van der Waals surface area contributed by atoms with Crippen molar-refractivity contribution in [1.82, 2.24) is 0 Å². The van der Waals surface area contributed by atoms with E-state index in [4.69, 9.17) is 11.6 Å². The van der Waals surface area contributed by atoms with E-state index in [2.05, 4.69) is 13.0 Å². The second-order valence-corrected chi connectivity index (χ2v) is 3.31. The van der Waals surface area contributed by atoms with Crippen molar-refractivity contribution in [3.63, 3.8) is 0 Å². The summed E-state index contributed by atoms with van der Waals surface area (Å²) in [7, 11) is 0. The van der Waals surface area contributed by atoms with Crippen LogP contribution in [0.25, 0.3) is 11.0 Å². The van der Waals surface area contributed by atoms with Crippen LogP contribution in [0.2, 0.25) is 5.02 Å². The Labute approximate surface area is 83.4 Å². The van der Waals surface area contributed by atoms with E-state index in [9.17, 15) is 0 Å². The van der Waals surface area contributed by atoms with Crippen LogP contribution in [0.3, 0.4) is 0 Å². The topological polar surface area (TPSA) is 0 Å². The molecule has 2 aromatic rings. The summed E-state index contributed by atoms with van der Waals surface area (Å²) in [6.07, 6.45) is 0. The normalized spacial score (nSPS) is 9.62. The van der Waals surface area contributed by atoms with Crippen molar-refractivity contribution in [2.75, 3.05) is 0 Å². The Hall–Kier alpha value is -1.08. The number of benzene rings is 1. The van der Waals surface area contributed by atoms with Crippen LogP contribution in [-0.4, -0.2) is 6.91 Å². The molecule has 1 aromatic carbocycles. The molecule has 2 heteroatoms. The fourth-order valence-electron chi connectivity index (χ4n) is 1.27. The Morgan fingerprint density at radius 2 is 1.69 bits per heavy atom. The van der Waals surface area contributed by atoms with Crippen LogP contribution in [0, 0.1) is 0 Å². The molecule has 0 unspecified atom stereocenters. The molecule has 1 heterocycles. The molecule has 0 saturated heterocycles. The summed E-state index contributed by atoms with van der Waals surface area (Å²) in [5, 5.41) is 0.777. The summed E-state index contributed by atoms with van der Waals surface area (Å²) in [6.45, 7) is 2.09. The molecule has 2 rings (SSSR count). The van der Waals surface area contributed by atoms with Crippen LogP contribution in [0.1, 0.15) is 0 Å². The van der Waals surface area contributed by atoms with E-state index >= 15 is 0 Å². The van der Waals surface area contributed by atoms with Gasteiger partial charge in [0.05, 0.1) is 0 Å². The first-order chi connectivity index (χ1) is 6.36. The Bertz CT molecular complexity index is 381. The molecule has 0 spiro atoms. The third kappa shape index (κ3) is 1.99. The zero-order valence-electron chi connectivity index (χ0n) is 7.07. The number of hydrogen-bond acceptors (Lipinski definition) is 0. The monoisotopic (exact) mass is 186 g/mol. The maximum atomic E-state index is 5.80. The second kappa shape index (κ2) is 3.76. The van der Waals surface area contributed by atoms with Crippen LogP contribution in [0.5, 0.6) is 0 Å². The molecule has 62 valence electrons. The van der Waals surface area contributed by atoms with Gasteiger partial charge in [0.25, 0.3) is 0 Å². The van der Waals surface area contributed by atoms with Gasteiger partial charge in [-0.3, -0.25) is 0 Å². The number of hydrogen-bond donors (Lipinski definition) is 0. The van der Waals surface area contributed by atoms with Crippen molar-refractivity contribution in [3.05, 3.63) is 53.4 Å². The summed E-state index contributed by atoms with van der Waals surface area (Å²) in [4.78, 5) is 0. The Morgan fingerprint density at radius 1 is 0.923 bits per heavy atom. The second-order valence-electron chi connectivity index (χ2n) is 2.87. The summed E-state index contributed by atoms with van der Waals surface area (Å²) >= 11 is 5.80. The maximum absolute atomic E-state index is 5.80. The molecule has 1 aromatic heterocycles. The first-order valence-electron chi connectivity index (χ1n) is 4.17. The molecule has 0 N–H and O–H groups in total. The van der Waals surface area contributed by atoms with Crippen LogP contribution >= 0.6 is 11.6 Å². The summed E-state index contributed by atoms with van der Waals surface area (Å²) in [6, 6.07) is 14.0. The van der Waals surface area contributed by atoms with Gasteiger partial charge in [-0.1, -0.05) is 0 Å². The van der Waals surface area contributed by atoms with Gasteiger partial charge >= 0.3 is 83.0 Å². The average Bonchev–Trinajstić information content (AvgIpc) is 2.20. The third-order valence-corrected chi connectivity index (χ3v) is 2.20. The molecule has 0 fully saturated rings. The predicted molar refractivity (Wildman–Crippen MR) is 58.2 cm³/mol. The number of rotatable bonds is 1. The van der Waals surface area contributed by atoms with E-state index in [1.165, 1.54) is 11.0 Å². The average molecular weight is 186 g/mol. The first kappa shape index (κ1) is 8.52. The fraction of sp³-hybridized carbons (Fsp3) is 0. The van der Waals surface area contributed by atoms with Crippen molar-refractivity contribution >= 4 is 18.5 Å². The van der Waals surface area contributed by atoms with Crippen molar-refractivity contribution in [2.24, 2.45) is 0 Å². The van der Waals surface area contributed by atoms with Gasteiger partial charge < -0.3 is 0 Å². The molecule has 0 radical (unpaired) electrons. The fourth-order valence-corrected chi connectivity index (χ4v) is 1.40. The van der Waals surface area contributed by atoms with E-state index in [-0.39, 0.29) is 0 Å². The van der Waals surface area contributed by atoms with E-state index in [1.807, 2.05) is 42.4 Å². The molecule has 0 aliphatic heterocycles. The van der Waals surface area contributed by atoms with Crippen molar-refractivity contribution < 1.29 is 0 Å². The van der Waals surface area contributed by atoms with Gasteiger partial charge in [-0.15, -0.1) is 0 Å². The molecule has 0 aliphatic carbocycles. The Balaban J connectivity index is 2.42. The quantitative estimate of drug-likeness (QED) is 0.641. The van der Waals surface area contributed by atoms with Crippen LogP contribution in [0.4, 0.5) is 0 Å². The van der Waals surface area contributed by atoms with Crippen LogP contribution in [-0.2, 0) is 0 Å². The van der Waals surface area contributed by atoms with E-state index in [0.29, 0.717) is 0 Å². The summed E-state index contributed by atoms with van der Waals surface area (Å²) in [5.41, 5.74) is 2.42. The van der Waals surface area contributed by atoms with Gasteiger partial charge in [-0.05, 0) is 0 Å². The Kier molecular flexibility index (Phi) is 2.46. The van der Waals surface area contributed by atoms with Crippen molar-refractivity contribution in [2.45, 2.75) is 0 Å². The van der Waals surface area contributed by atoms with E-state index < -0.39 is 0 Å². The van der Waals surface area contributed by atoms with Gasteiger partial charge in [-0.25, -0.2) is 0 Å². The molecule has 0 nitrogen and oxygen atoms in total. The SMILES string of the molecule is Clc1ccc(-c2bcccc2)cc1. The molecule has 0 amide bonds. The van der Waals surface area contributed by atoms with Crippen molar-refractivity contribution in [3.8, 4) is 11.0 Å². The molecule has 0 aliphatic rings. The molecular weight excluding hydrogens is 178 g/mol. The minimum absolute atomic E-state index is 0.777. The van der Waals surface area contributed by atoms with Gasteiger partial charge in [0.2, 0.25) is 0 Å². The van der Waals surface area contributed by atoms with Gasteiger partial charge in [-0.2, -0.15) is 0 Å². The zero-order chi connectivity index (χ0) is 9.10. The van der Waals surface area contributed by atoms with Crippen LogP contribution < -0.4 is 0 Å². The zero-order valence-corrected chi connectivity index (χ0v) is 7.83. The molecule has 13 heavy (non-hydrogen) atoms.